The third-order valence-corrected chi connectivity index (χ3v) is 7.27. The van der Waals surface area contributed by atoms with Crippen LogP contribution in [0.15, 0.2) is 99.0 Å². The quantitative estimate of drug-likeness (QED) is 0.0774. The van der Waals surface area contributed by atoms with Crippen LogP contribution in [0.4, 0.5) is 0 Å². The van der Waals surface area contributed by atoms with Gasteiger partial charge in [-0.1, -0.05) is 46.3 Å². The van der Waals surface area contributed by atoms with Crippen molar-refractivity contribution in [3.05, 3.63) is 111 Å². The number of hydrogen-bond acceptors (Lipinski definition) is 6. The summed E-state index contributed by atoms with van der Waals surface area (Å²) in [6, 6.07) is 25.2. The number of benzene rings is 4. The highest BCUT2D eigenvalue weighted by Crippen LogP contribution is 2.35. The number of rotatable bonds is 8. The fourth-order valence-electron chi connectivity index (χ4n) is 4.25. The normalized spacial score (nSPS) is 11.0. The highest BCUT2D eigenvalue weighted by molar-refractivity contribution is 9.11. The average Bonchev–Trinajstić information content (AvgIpc) is 3.38. The number of H-pyrrole nitrogens is 1. The van der Waals surface area contributed by atoms with Crippen molar-refractivity contribution in [2.24, 2.45) is 5.10 Å². The Morgan fingerprint density at radius 3 is 2.29 bits per heavy atom. The van der Waals surface area contributed by atoms with Crippen LogP contribution in [0, 0.1) is 0 Å². The molecule has 0 aliphatic rings. The number of fused-ring (bicyclic) bond motifs is 1. The third kappa shape index (κ3) is 6.18. The molecule has 41 heavy (non-hydrogen) atoms. The first-order valence-corrected chi connectivity index (χ1v) is 13.9. The van der Waals surface area contributed by atoms with Crippen molar-refractivity contribution in [1.29, 1.82) is 0 Å². The van der Waals surface area contributed by atoms with Gasteiger partial charge in [0.05, 0.1) is 30.5 Å². The second kappa shape index (κ2) is 12.4. The number of esters is 1. The van der Waals surface area contributed by atoms with E-state index >= 15 is 0 Å². The Kier molecular flexibility index (Phi) is 8.51. The Hall–Kier alpha value is -4.41. The van der Waals surface area contributed by atoms with Crippen LogP contribution in [-0.2, 0) is 0 Å². The summed E-state index contributed by atoms with van der Waals surface area (Å²) in [7, 11) is 3.15. The highest BCUT2D eigenvalue weighted by Gasteiger charge is 2.20. The van der Waals surface area contributed by atoms with Gasteiger partial charge < -0.3 is 19.2 Å². The SMILES string of the molecule is COc1ccc(C(=O)Oc2c(Br)cc(Br)cc2C=NNC(=O)c2[nH]c3ccc(OC)cc3c2-c2ccccc2)cc1. The van der Waals surface area contributed by atoms with Gasteiger partial charge in [0.2, 0.25) is 0 Å². The standard InChI is InChI=1S/C31H23Br2N3O5/c1-39-22-10-8-19(9-11-22)31(38)41-29-20(14-21(32)15-25(29)33)17-34-36-30(37)28-27(18-6-4-3-5-7-18)24-16-23(40-2)12-13-26(24)35-28/h3-17,35H,1-2H3,(H,36,37). The maximum absolute atomic E-state index is 13.4. The highest BCUT2D eigenvalue weighted by atomic mass is 79.9. The number of aromatic nitrogens is 1. The van der Waals surface area contributed by atoms with Crippen molar-refractivity contribution in [1.82, 2.24) is 10.4 Å². The van der Waals surface area contributed by atoms with E-state index < -0.39 is 11.9 Å². The second-order valence-electron chi connectivity index (χ2n) is 8.78. The molecule has 206 valence electrons. The molecule has 4 aromatic carbocycles. The molecule has 1 amide bonds. The summed E-state index contributed by atoms with van der Waals surface area (Å²) in [4.78, 5) is 29.4. The molecule has 0 radical (unpaired) electrons. The Morgan fingerprint density at radius 1 is 0.878 bits per heavy atom. The van der Waals surface area contributed by atoms with Crippen LogP contribution < -0.4 is 19.6 Å². The van der Waals surface area contributed by atoms with E-state index in [1.807, 2.05) is 48.5 Å². The van der Waals surface area contributed by atoms with Gasteiger partial charge in [-0.2, -0.15) is 5.10 Å². The molecule has 5 aromatic rings. The predicted octanol–water partition coefficient (Wildman–Crippen LogP) is 7.36. The van der Waals surface area contributed by atoms with Gasteiger partial charge in [0.25, 0.3) is 5.91 Å². The molecule has 0 aliphatic heterocycles. The second-order valence-corrected chi connectivity index (χ2v) is 10.5. The van der Waals surface area contributed by atoms with E-state index in [1.54, 1.807) is 50.6 Å². The first-order chi connectivity index (χ1) is 19.9. The Balaban J connectivity index is 1.43. The lowest BCUT2D eigenvalue weighted by Gasteiger charge is -2.11. The summed E-state index contributed by atoms with van der Waals surface area (Å²) in [6.45, 7) is 0. The molecular weight excluding hydrogens is 654 g/mol. The summed E-state index contributed by atoms with van der Waals surface area (Å²) in [5, 5.41) is 5.02. The molecule has 8 nitrogen and oxygen atoms in total. The molecule has 0 atom stereocenters. The number of carbonyl (C=O) groups is 2. The zero-order chi connectivity index (χ0) is 28.9. The molecule has 0 aliphatic carbocycles. The van der Waals surface area contributed by atoms with Gasteiger partial charge in [0.15, 0.2) is 5.75 Å². The third-order valence-electron chi connectivity index (χ3n) is 6.22. The average molecular weight is 677 g/mol. The number of methoxy groups -OCH3 is 2. The van der Waals surface area contributed by atoms with Crippen molar-refractivity contribution in [2.45, 2.75) is 0 Å². The minimum Gasteiger partial charge on any atom is -0.497 e. The summed E-state index contributed by atoms with van der Waals surface area (Å²) in [6.07, 6.45) is 1.41. The molecule has 1 heterocycles. The van der Waals surface area contributed by atoms with E-state index in [0.717, 1.165) is 26.5 Å². The zero-order valence-electron chi connectivity index (χ0n) is 21.9. The molecule has 1 aromatic heterocycles. The maximum Gasteiger partial charge on any atom is 0.343 e. The minimum absolute atomic E-state index is 0.245. The zero-order valence-corrected chi connectivity index (χ0v) is 25.1. The first kappa shape index (κ1) is 28.1. The van der Waals surface area contributed by atoms with Gasteiger partial charge in [-0.3, -0.25) is 4.79 Å². The van der Waals surface area contributed by atoms with E-state index in [2.05, 4.69) is 47.4 Å². The number of hydrogen-bond donors (Lipinski definition) is 2. The number of nitrogens with one attached hydrogen (secondary N) is 2. The Labute approximate surface area is 252 Å². The van der Waals surface area contributed by atoms with Gasteiger partial charge in [-0.25, -0.2) is 10.2 Å². The van der Waals surface area contributed by atoms with Crippen molar-refractivity contribution < 1.29 is 23.8 Å². The van der Waals surface area contributed by atoms with Crippen LogP contribution in [0.1, 0.15) is 26.4 Å². The molecule has 0 saturated carbocycles. The van der Waals surface area contributed by atoms with Crippen molar-refractivity contribution in [3.63, 3.8) is 0 Å². The fourth-order valence-corrected chi connectivity index (χ4v) is 5.59. The number of nitrogens with zero attached hydrogens (tertiary/aromatic N) is 1. The topological polar surface area (TPSA) is 102 Å². The monoisotopic (exact) mass is 675 g/mol. The number of aromatic amines is 1. The molecule has 0 saturated heterocycles. The van der Waals surface area contributed by atoms with Crippen LogP contribution in [-0.4, -0.2) is 37.3 Å². The number of halogens is 2. The molecule has 0 spiro atoms. The van der Waals surface area contributed by atoms with Gasteiger partial charge in [-0.05, 0) is 76.1 Å². The fraction of sp³-hybridized carbons (Fsp3) is 0.0645. The van der Waals surface area contributed by atoms with Gasteiger partial charge >= 0.3 is 5.97 Å². The van der Waals surface area contributed by atoms with Gasteiger partial charge in [0.1, 0.15) is 17.2 Å². The number of carbonyl (C=O) groups excluding carboxylic acids is 2. The number of hydrazone groups is 1. The van der Waals surface area contributed by atoms with Crippen LogP contribution in [0.5, 0.6) is 17.2 Å². The Morgan fingerprint density at radius 2 is 1.59 bits per heavy atom. The summed E-state index contributed by atoms with van der Waals surface area (Å²) >= 11 is 6.90. The summed E-state index contributed by atoms with van der Waals surface area (Å²) in [5.74, 6) is 0.543. The minimum atomic E-state index is -0.560. The van der Waals surface area contributed by atoms with Crippen LogP contribution in [0.2, 0.25) is 0 Å². The molecule has 2 N–H and O–H groups in total. The lowest BCUT2D eigenvalue weighted by molar-refractivity contribution is 0.0732. The van der Waals surface area contributed by atoms with E-state index in [9.17, 15) is 9.59 Å². The Bertz CT molecular complexity index is 1770. The molecule has 10 heteroatoms. The molecular formula is C31H23Br2N3O5. The molecule has 0 unspecified atom stereocenters. The van der Waals surface area contributed by atoms with Crippen LogP contribution >= 0.6 is 31.9 Å². The van der Waals surface area contributed by atoms with Crippen LogP contribution in [0.25, 0.3) is 22.0 Å². The van der Waals surface area contributed by atoms with E-state index in [1.165, 1.54) is 6.21 Å². The predicted molar refractivity (Wildman–Crippen MR) is 165 cm³/mol. The lowest BCUT2D eigenvalue weighted by Crippen LogP contribution is -2.19. The van der Waals surface area contributed by atoms with E-state index in [0.29, 0.717) is 32.8 Å². The molecule has 0 bridgehead atoms. The summed E-state index contributed by atoms with van der Waals surface area (Å²) in [5.41, 5.74) is 6.12. The van der Waals surface area contributed by atoms with E-state index in [-0.39, 0.29) is 5.75 Å². The largest absolute Gasteiger partial charge is 0.497 e. The first-order valence-electron chi connectivity index (χ1n) is 12.3. The number of amides is 1. The van der Waals surface area contributed by atoms with Crippen molar-refractivity contribution in [3.8, 4) is 28.4 Å². The van der Waals surface area contributed by atoms with Gasteiger partial charge in [-0.15, -0.1) is 0 Å². The number of ether oxygens (including phenoxy) is 3. The molecule has 5 rings (SSSR count). The summed E-state index contributed by atoms with van der Waals surface area (Å²) < 4.78 is 17.5. The molecule has 0 fully saturated rings. The van der Waals surface area contributed by atoms with Crippen molar-refractivity contribution >= 4 is 60.9 Å². The van der Waals surface area contributed by atoms with Crippen LogP contribution in [0.3, 0.4) is 0 Å². The lowest BCUT2D eigenvalue weighted by atomic mass is 10.0. The smallest absolute Gasteiger partial charge is 0.343 e. The van der Waals surface area contributed by atoms with Crippen molar-refractivity contribution in [2.75, 3.05) is 14.2 Å². The van der Waals surface area contributed by atoms with E-state index in [4.69, 9.17) is 14.2 Å². The maximum atomic E-state index is 13.4. The van der Waals surface area contributed by atoms with Gasteiger partial charge in [0, 0.05) is 26.5 Å².